The van der Waals surface area contributed by atoms with Crippen LogP contribution in [0.25, 0.3) is 0 Å². The summed E-state index contributed by atoms with van der Waals surface area (Å²) in [6, 6.07) is 9.09. The second-order valence-corrected chi connectivity index (χ2v) is 6.49. The van der Waals surface area contributed by atoms with Gasteiger partial charge in [-0.25, -0.2) is 0 Å². The lowest BCUT2D eigenvalue weighted by molar-refractivity contribution is -0.117. The standard InChI is InChI=1S/C18H23N5O3/c1-13-9-16(21-26-13)20-17(24)12-23-7-5-22(6-8-23)11-14-3-2-4-15(10-14)18(19)25/h2-4,9-10H,5-8,11-12H2,1H3,(H2,19,25)(H,20,21,24). The third-order valence-corrected chi connectivity index (χ3v) is 4.35. The molecule has 3 rings (SSSR count). The number of nitrogens with zero attached hydrogens (tertiary/aromatic N) is 3. The van der Waals surface area contributed by atoms with Gasteiger partial charge >= 0.3 is 0 Å². The van der Waals surface area contributed by atoms with Crippen molar-refractivity contribution in [2.45, 2.75) is 13.5 Å². The van der Waals surface area contributed by atoms with Crippen molar-refractivity contribution in [3.8, 4) is 0 Å². The van der Waals surface area contributed by atoms with Gasteiger partial charge in [0.1, 0.15) is 5.76 Å². The van der Waals surface area contributed by atoms with E-state index in [2.05, 4.69) is 20.3 Å². The van der Waals surface area contributed by atoms with Crippen LogP contribution in [0.1, 0.15) is 21.7 Å². The van der Waals surface area contributed by atoms with E-state index in [1.165, 1.54) is 0 Å². The molecule has 0 unspecified atom stereocenters. The molecule has 1 aliphatic heterocycles. The first kappa shape index (κ1) is 18.1. The lowest BCUT2D eigenvalue weighted by Gasteiger charge is -2.34. The van der Waals surface area contributed by atoms with Crippen LogP contribution in [0.3, 0.4) is 0 Å². The highest BCUT2D eigenvalue weighted by atomic mass is 16.5. The van der Waals surface area contributed by atoms with Crippen LogP contribution >= 0.6 is 0 Å². The Bertz CT molecular complexity index is 781. The maximum Gasteiger partial charge on any atom is 0.248 e. The molecule has 1 fully saturated rings. The summed E-state index contributed by atoms with van der Waals surface area (Å²) in [4.78, 5) is 27.8. The number of carbonyl (C=O) groups excluding carboxylic acids is 2. The van der Waals surface area contributed by atoms with Crippen LogP contribution in [0, 0.1) is 6.92 Å². The van der Waals surface area contributed by atoms with Crippen LogP contribution in [0.15, 0.2) is 34.9 Å². The molecule has 138 valence electrons. The number of hydrogen-bond acceptors (Lipinski definition) is 6. The number of aryl methyl sites for hydroxylation is 1. The summed E-state index contributed by atoms with van der Waals surface area (Å²) in [7, 11) is 0. The number of carbonyl (C=O) groups is 2. The number of hydrogen-bond donors (Lipinski definition) is 2. The van der Waals surface area contributed by atoms with Crippen LogP contribution in [0.4, 0.5) is 5.82 Å². The maximum atomic E-state index is 12.1. The lowest BCUT2D eigenvalue weighted by atomic mass is 10.1. The Hall–Kier alpha value is -2.71. The monoisotopic (exact) mass is 357 g/mol. The Kier molecular flexibility index (Phi) is 5.65. The highest BCUT2D eigenvalue weighted by molar-refractivity contribution is 5.93. The zero-order valence-electron chi connectivity index (χ0n) is 14.8. The maximum absolute atomic E-state index is 12.1. The van der Waals surface area contributed by atoms with E-state index in [9.17, 15) is 9.59 Å². The van der Waals surface area contributed by atoms with E-state index in [1.54, 1.807) is 19.1 Å². The summed E-state index contributed by atoms with van der Waals surface area (Å²) in [6.45, 7) is 6.20. The molecule has 2 aromatic rings. The number of rotatable bonds is 6. The molecule has 0 atom stereocenters. The van der Waals surface area contributed by atoms with Gasteiger partial charge in [0, 0.05) is 44.4 Å². The zero-order valence-corrected chi connectivity index (χ0v) is 14.8. The minimum Gasteiger partial charge on any atom is -0.366 e. The molecule has 2 heterocycles. The molecule has 2 amide bonds. The van der Waals surface area contributed by atoms with Crippen molar-refractivity contribution in [1.29, 1.82) is 0 Å². The van der Waals surface area contributed by atoms with Crippen LogP contribution in [0.5, 0.6) is 0 Å². The van der Waals surface area contributed by atoms with E-state index in [0.717, 1.165) is 38.3 Å². The topological polar surface area (TPSA) is 105 Å². The SMILES string of the molecule is Cc1cc(NC(=O)CN2CCN(Cc3cccc(C(N)=O)c3)CC2)no1. The molecule has 1 aromatic carbocycles. The van der Waals surface area contributed by atoms with E-state index in [4.69, 9.17) is 10.3 Å². The summed E-state index contributed by atoms with van der Waals surface area (Å²) in [5.41, 5.74) is 6.92. The summed E-state index contributed by atoms with van der Waals surface area (Å²) in [5.74, 6) is 0.598. The van der Waals surface area contributed by atoms with Gasteiger partial charge in [-0.1, -0.05) is 17.3 Å². The summed E-state index contributed by atoms with van der Waals surface area (Å²) >= 11 is 0. The molecule has 3 N–H and O–H groups in total. The molecule has 1 aliphatic rings. The second kappa shape index (κ2) is 8.11. The highest BCUT2D eigenvalue weighted by Crippen LogP contribution is 2.11. The molecule has 0 saturated carbocycles. The molecule has 1 aromatic heterocycles. The normalized spacial score (nSPS) is 15.7. The van der Waals surface area contributed by atoms with Gasteiger partial charge in [0.2, 0.25) is 11.8 Å². The number of anilines is 1. The zero-order chi connectivity index (χ0) is 18.5. The molecule has 0 spiro atoms. The third kappa shape index (κ3) is 4.90. The van der Waals surface area contributed by atoms with Crippen molar-refractivity contribution in [1.82, 2.24) is 15.0 Å². The van der Waals surface area contributed by atoms with Gasteiger partial charge in [0.05, 0.1) is 6.54 Å². The van der Waals surface area contributed by atoms with Crippen LogP contribution in [-0.4, -0.2) is 59.5 Å². The molecule has 0 aliphatic carbocycles. The smallest absolute Gasteiger partial charge is 0.248 e. The first-order valence-corrected chi connectivity index (χ1v) is 8.56. The van der Waals surface area contributed by atoms with Gasteiger partial charge in [-0.15, -0.1) is 0 Å². The van der Waals surface area contributed by atoms with E-state index < -0.39 is 5.91 Å². The Labute approximate surface area is 151 Å². The number of nitrogens with one attached hydrogen (secondary N) is 1. The Morgan fingerprint density at radius 2 is 1.92 bits per heavy atom. The first-order chi connectivity index (χ1) is 12.5. The highest BCUT2D eigenvalue weighted by Gasteiger charge is 2.19. The van der Waals surface area contributed by atoms with Crippen molar-refractivity contribution in [2.75, 3.05) is 38.0 Å². The molecule has 0 radical (unpaired) electrons. The summed E-state index contributed by atoms with van der Waals surface area (Å²) in [6.07, 6.45) is 0. The Morgan fingerprint density at radius 3 is 2.58 bits per heavy atom. The average Bonchev–Trinajstić information content (AvgIpc) is 3.01. The van der Waals surface area contributed by atoms with Crippen molar-refractivity contribution in [3.05, 3.63) is 47.2 Å². The average molecular weight is 357 g/mol. The Balaban J connectivity index is 1.44. The predicted octanol–water partition coefficient (Wildman–Crippen LogP) is 0.838. The van der Waals surface area contributed by atoms with Gasteiger partial charge in [0.25, 0.3) is 0 Å². The van der Waals surface area contributed by atoms with E-state index in [-0.39, 0.29) is 5.91 Å². The van der Waals surface area contributed by atoms with Crippen LogP contribution < -0.4 is 11.1 Å². The minimum absolute atomic E-state index is 0.0964. The molecule has 0 bridgehead atoms. The summed E-state index contributed by atoms with van der Waals surface area (Å²) < 4.78 is 4.94. The largest absolute Gasteiger partial charge is 0.366 e. The number of primary amides is 1. The van der Waals surface area contributed by atoms with Crippen molar-refractivity contribution >= 4 is 17.6 Å². The fourth-order valence-corrected chi connectivity index (χ4v) is 3.00. The summed E-state index contributed by atoms with van der Waals surface area (Å²) in [5, 5.41) is 6.50. The van der Waals surface area contributed by atoms with Gasteiger partial charge in [-0.2, -0.15) is 0 Å². The van der Waals surface area contributed by atoms with E-state index in [0.29, 0.717) is 23.7 Å². The first-order valence-electron chi connectivity index (χ1n) is 8.56. The number of amides is 2. The molecular weight excluding hydrogens is 334 g/mol. The fourth-order valence-electron chi connectivity index (χ4n) is 3.00. The molecule has 8 nitrogen and oxygen atoms in total. The van der Waals surface area contributed by atoms with E-state index >= 15 is 0 Å². The van der Waals surface area contributed by atoms with Crippen LogP contribution in [0.2, 0.25) is 0 Å². The predicted molar refractivity (Wildman–Crippen MR) is 96.5 cm³/mol. The molecule has 26 heavy (non-hydrogen) atoms. The lowest BCUT2D eigenvalue weighted by Crippen LogP contribution is -2.48. The Morgan fingerprint density at radius 1 is 1.19 bits per heavy atom. The second-order valence-electron chi connectivity index (χ2n) is 6.49. The minimum atomic E-state index is -0.412. The van der Waals surface area contributed by atoms with Crippen molar-refractivity contribution in [2.24, 2.45) is 5.73 Å². The third-order valence-electron chi connectivity index (χ3n) is 4.35. The van der Waals surface area contributed by atoms with Crippen LogP contribution in [-0.2, 0) is 11.3 Å². The number of piperazine rings is 1. The molecule has 8 heteroatoms. The van der Waals surface area contributed by atoms with Gasteiger partial charge < -0.3 is 15.6 Å². The molecular formula is C18H23N5O3. The fraction of sp³-hybridized carbons (Fsp3) is 0.389. The van der Waals surface area contributed by atoms with Gasteiger partial charge in [-0.3, -0.25) is 19.4 Å². The number of aromatic nitrogens is 1. The van der Waals surface area contributed by atoms with Gasteiger partial charge in [-0.05, 0) is 24.6 Å². The quantitative estimate of drug-likeness (QED) is 0.794. The van der Waals surface area contributed by atoms with E-state index in [1.807, 2.05) is 18.2 Å². The van der Waals surface area contributed by atoms with Gasteiger partial charge in [0.15, 0.2) is 5.82 Å². The number of nitrogens with two attached hydrogens (primary N) is 1. The van der Waals surface area contributed by atoms with Crippen molar-refractivity contribution in [3.63, 3.8) is 0 Å². The molecule has 1 saturated heterocycles. The van der Waals surface area contributed by atoms with Crippen molar-refractivity contribution < 1.29 is 14.1 Å². The number of benzene rings is 1.